The molecule has 1 aromatic rings. The van der Waals surface area contributed by atoms with Gasteiger partial charge >= 0.3 is 0 Å². The quantitative estimate of drug-likeness (QED) is 0.671. The lowest BCUT2D eigenvalue weighted by Gasteiger charge is -2.13. The summed E-state index contributed by atoms with van der Waals surface area (Å²) in [5.74, 6) is 0. The Hall–Kier alpha value is -1.50. The Morgan fingerprint density at radius 1 is 1.13 bits per heavy atom. The molecule has 1 nitrogen and oxygen atoms in total. The highest BCUT2D eigenvalue weighted by Gasteiger charge is 2.00. The molecule has 0 radical (unpaired) electrons. The first kappa shape index (κ1) is 11.6. The minimum absolute atomic E-state index is 0.876. The zero-order valence-electron chi connectivity index (χ0n) is 9.88. The third-order valence-electron chi connectivity index (χ3n) is 2.31. The summed E-state index contributed by atoms with van der Waals surface area (Å²) < 4.78 is 0. The molecule has 1 heteroatoms. The molecular weight excluding hydrogens is 182 g/mol. The van der Waals surface area contributed by atoms with Gasteiger partial charge in [-0.15, -0.1) is 0 Å². The lowest BCUT2D eigenvalue weighted by Crippen LogP contribution is -2.08. The van der Waals surface area contributed by atoms with Crippen LogP contribution in [-0.2, 0) is 0 Å². The van der Waals surface area contributed by atoms with Crippen LogP contribution in [0.4, 0.5) is 5.69 Å². The van der Waals surface area contributed by atoms with Crippen molar-refractivity contribution in [1.29, 1.82) is 0 Å². The van der Waals surface area contributed by atoms with Crippen molar-refractivity contribution in [2.75, 3.05) is 19.0 Å². The van der Waals surface area contributed by atoms with Crippen molar-refractivity contribution in [2.24, 2.45) is 0 Å². The normalized spacial score (nSPS) is 9.80. The molecule has 0 aliphatic carbocycles. The number of anilines is 1. The topological polar surface area (TPSA) is 3.24 Å². The van der Waals surface area contributed by atoms with Gasteiger partial charge in [-0.2, -0.15) is 0 Å². The number of allylic oxidation sites excluding steroid dienone is 2. The van der Waals surface area contributed by atoms with E-state index in [1.165, 1.54) is 11.3 Å². The van der Waals surface area contributed by atoms with Crippen molar-refractivity contribution < 1.29 is 0 Å². The van der Waals surface area contributed by atoms with Crippen molar-refractivity contribution in [3.05, 3.63) is 48.6 Å². The first-order valence-corrected chi connectivity index (χ1v) is 5.10. The van der Waals surface area contributed by atoms with Crippen LogP contribution < -0.4 is 4.90 Å². The molecule has 0 fully saturated rings. The van der Waals surface area contributed by atoms with Crippen LogP contribution in [0.2, 0.25) is 0 Å². The summed E-state index contributed by atoms with van der Waals surface area (Å²) >= 11 is 0. The van der Waals surface area contributed by atoms with E-state index >= 15 is 0 Å². The van der Waals surface area contributed by atoms with Gasteiger partial charge in [0.05, 0.1) is 0 Å². The molecule has 0 aliphatic heterocycles. The van der Waals surface area contributed by atoms with Crippen LogP contribution in [0, 0.1) is 0 Å². The SMILES string of the molecule is C=C(C)CC(=C)c1ccc(N(C)C)cc1. The van der Waals surface area contributed by atoms with E-state index in [1.54, 1.807) is 0 Å². The van der Waals surface area contributed by atoms with Gasteiger partial charge in [0.2, 0.25) is 0 Å². The number of nitrogens with zero attached hydrogens (tertiary/aromatic N) is 1. The summed E-state index contributed by atoms with van der Waals surface area (Å²) in [6.45, 7) is 9.99. The van der Waals surface area contributed by atoms with Crippen LogP contribution in [0.15, 0.2) is 43.0 Å². The second kappa shape index (κ2) is 4.83. The van der Waals surface area contributed by atoms with Crippen molar-refractivity contribution in [1.82, 2.24) is 0 Å². The zero-order valence-corrected chi connectivity index (χ0v) is 9.88. The Morgan fingerprint density at radius 2 is 1.67 bits per heavy atom. The second-order valence-corrected chi connectivity index (χ2v) is 4.18. The lowest BCUT2D eigenvalue weighted by atomic mass is 10.0. The van der Waals surface area contributed by atoms with E-state index in [-0.39, 0.29) is 0 Å². The zero-order chi connectivity index (χ0) is 11.4. The number of hydrogen-bond donors (Lipinski definition) is 0. The highest BCUT2D eigenvalue weighted by Crippen LogP contribution is 2.22. The van der Waals surface area contributed by atoms with Gasteiger partial charge in [0.25, 0.3) is 0 Å². The molecule has 0 aliphatic rings. The van der Waals surface area contributed by atoms with Gasteiger partial charge in [0, 0.05) is 19.8 Å². The van der Waals surface area contributed by atoms with Crippen LogP contribution >= 0.6 is 0 Å². The monoisotopic (exact) mass is 201 g/mol. The average Bonchev–Trinajstić information content (AvgIpc) is 2.17. The van der Waals surface area contributed by atoms with Crippen LogP contribution in [0.25, 0.3) is 5.57 Å². The maximum Gasteiger partial charge on any atom is 0.0361 e. The summed E-state index contributed by atoms with van der Waals surface area (Å²) in [4.78, 5) is 2.09. The van der Waals surface area contributed by atoms with E-state index in [1.807, 2.05) is 21.0 Å². The fraction of sp³-hybridized carbons (Fsp3) is 0.286. The first-order chi connectivity index (χ1) is 7.00. The standard InChI is InChI=1S/C14H19N/c1-11(2)10-12(3)13-6-8-14(9-7-13)15(4)5/h6-9H,1,3,10H2,2,4-5H3. The van der Waals surface area contributed by atoms with E-state index in [9.17, 15) is 0 Å². The molecule has 0 saturated heterocycles. The molecule has 1 rings (SSSR count). The predicted octanol–water partition coefficient (Wildman–Crippen LogP) is 3.73. The fourth-order valence-electron chi connectivity index (χ4n) is 1.46. The number of rotatable bonds is 4. The molecule has 0 aromatic heterocycles. The molecule has 0 atom stereocenters. The van der Waals surface area contributed by atoms with Crippen LogP contribution in [0.1, 0.15) is 18.9 Å². The summed E-state index contributed by atoms with van der Waals surface area (Å²) in [6, 6.07) is 8.44. The molecule has 0 saturated carbocycles. The summed E-state index contributed by atoms with van der Waals surface area (Å²) in [7, 11) is 4.08. The van der Waals surface area contributed by atoms with Crippen molar-refractivity contribution in [3.63, 3.8) is 0 Å². The van der Waals surface area contributed by atoms with Crippen molar-refractivity contribution in [2.45, 2.75) is 13.3 Å². The van der Waals surface area contributed by atoms with Gasteiger partial charge in [0.15, 0.2) is 0 Å². The molecule has 0 bridgehead atoms. The summed E-state index contributed by atoms with van der Waals surface area (Å²) in [6.07, 6.45) is 0.876. The lowest BCUT2D eigenvalue weighted by molar-refractivity contribution is 1.13. The third kappa shape index (κ3) is 3.28. The van der Waals surface area contributed by atoms with Gasteiger partial charge in [-0.05, 0) is 36.6 Å². The van der Waals surface area contributed by atoms with E-state index in [0.29, 0.717) is 0 Å². The van der Waals surface area contributed by atoms with E-state index in [2.05, 4.69) is 42.3 Å². The third-order valence-corrected chi connectivity index (χ3v) is 2.31. The number of benzene rings is 1. The minimum atomic E-state index is 0.876. The Kier molecular flexibility index (Phi) is 3.73. The van der Waals surface area contributed by atoms with E-state index < -0.39 is 0 Å². The van der Waals surface area contributed by atoms with Crippen molar-refractivity contribution >= 4 is 11.3 Å². The number of hydrogen-bond acceptors (Lipinski definition) is 1. The molecule has 0 unspecified atom stereocenters. The van der Waals surface area contributed by atoms with E-state index in [4.69, 9.17) is 0 Å². The van der Waals surface area contributed by atoms with Crippen LogP contribution in [-0.4, -0.2) is 14.1 Å². The van der Waals surface area contributed by atoms with Gasteiger partial charge in [-0.3, -0.25) is 0 Å². The smallest absolute Gasteiger partial charge is 0.0361 e. The Bertz CT molecular complexity index is 357. The molecular formula is C14H19N. The maximum absolute atomic E-state index is 4.07. The second-order valence-electron chi connectivity index (χ2n) is 4.18. The first-order valence-electron chi connectivity index (χ1n) is 5.10. The molecule has 80 valence electrons. The highest BCUT2D eigenvalue weighted by atomic mass is 15.1. The predicted molar refractivity (Wildman–Crippen MR) is 69.2 cm³/mol. The summed E-state index contributed by atoms with van der Waals surface area (Å²) in [5.41, 5.74) is 4.69. The average molecular weight is 201 g/mol. The molecule has 0 amide bonds. The van der Waals surface area contributed by atoms with Crippen molar-refractivity contribution in [3.8, 4) is 0 Å². The van der Waals surface area contributed by atoms with E-state index in [0.717, 1.165) is 17.6 Å². The van der Waals surface area contributed by atoms with Gasteiger partial charge in [-0.1, -0.05) is 30.9 Å². The molecule has 0 heterocycles. The maximum atomic E-state index is 4.07. The van der Waals surface area contributed by atoms with Crippen LogP contribution in [0.3, 0.4) is 0 Å². The molecule has 0 spiro atoms. The Morgan fingerprint density at radius 3 is 2.07 bits per heavy atom. The van der Waals surface area contributed by atoms with Crippen LogP contribution in [0.5, 0.6) is 0 Å². The van der Waals surface area contributed by atoms with Gasteiger partial charge in [-0.25, -0.2) is 0 Å². The molecule has 1 aromatic carbocycles. The Labute approximate surface area is 92.7 Å². The largest absolute Gasteiger partial charge is 0.378 e. The highest BCUT2D eigenvalue weighted by molar-refractivity contribution is 5.67. The van der Waals surface area contributed by atoms with Gasteiger partial charge < -0.3 is 4.90 Å². The van der Waals surface area contributed by atoms with Gasteiger partial charge in [0.1, 0.15) is 0 Å². The minimum Gasteiger partial charge on any atom is -0.378 e. The fourth-order valence-corrected chi connectivity index (χ4v) is 1.46. The molecule has 15 heavy (non-hydrogen) atoms. The summed E-state index contributed by atoms with van der Waals surface area (Å²) in [5, 5.41) is 0. The Balaban J connectivity index is 2.80. The molecule has 0 N–H and O–H groups in total.